The second kappa shape index (κ2) is 4.87. The number of carbonyl (C=O) groups excluding carboxylic acids is 1. The number of anilines is 1. The SMILES string of the molecule is Nc1c(C(=O)N2CCCC2c2ccsc2)n[nH]c1C1CC1. The summed E-state index contributed by atoms with van der Waals surface area (Å²) in [6.45, 7) is 0.782. The predicted octanol–water partition coefficient (Wildman–Crippen LogP) is 2.91. The molecule has 4 rings (SSSR count). The quantitative estimate of drug-likeness (QED) is 0.915. The van der Waals surface area contributed by atoms with E-state index in [1.165, 1.54) is 5.56 Å². The topological polar surface area (TPSA) is 75.0 Å². The van der Waals surface area contributed by atoms with E-state index in [0.29, 0.717) is 17.3 Å². The molecule has 2 aromatic rings. The standard InChI is InChI=1S/C15H18N4OS/c16-12-13(9-3-4-9)17-18-14(12)15(20)19-6-1-2-11(19)10-5-7-21-8-10/h5,7-9,11H,1-4,6,16H2,(H,17,18). The van der Waals surface area contributed by atoms with E-state index in [1.807, 2.05) is 4.90 Å². The average Bonchev–Trinajstić information content (AvgIpc) is 2.94. The number of rotatable bonds is 3. The molecule has 1 saturated heterocycles. The van der Waals surface area contributed by atoms with Crippen molar-refractivity contribution in [3.05, 3.63) is 33.8 Å². The average molecular weight is 302 g/mol. The predicted molar refractivity (Wildman–Crippen MR) is 82.3 cm³/mol. The highest BCUT2D eigenvalue weighted by Gasteiger charge is 2.35. The van der Waals surface area contributed by atoms with Crippen LogP contribution in [0.3, 0.4) is 0 Å². The van der Waals surface area contributed by atoms with Gasteiger partial charge in [0, 0.05) is 12.5 Å². The first kappa shape index (κ1) is 12.9. The largest absolute Gasteiger partial charge is 0.395 e. The minimum absolute atomic E-state index is 0.0376. The van der Waals surface area contributed by atoms with Crippen LogP contribution in [0.5, 0.6) is 0 Å². The number of hydrogen-bond acceptors (Lipinski definition) is 4. The van der Waals surface area contributed by atoms with Crippen LogP contribution in [0.4, 0.5) is 5.69 Å². The van der Waals surface area contributed by atoms with E-state index in [9.17, 15) is 4.79 Å². The fourth-order valence-electron chi connectivity index (χ4n) is 3.17. The highest BCUT2D eigenvalue weighted by molar-refractivity contribution is 7.07. The third-order valence-electron chi connectivity index (χ3n) is 4.46. The molecule has 2 fully saturated rings. The van der Waals surface area contributed by atoms with Gasteiger partial charge in [0.05, 0.1) is 17.4 Å². The molecular weight excluding hydrogens is 284 g/mol. The third kappa shape index (κ3) is 2.14. The summed E-state index contributed by atoms with van der Waals surface area (Å²) in [7, 11) is 0. The van der Waals surface area contributed by atoms with Crippen LogP contribution in [0, 0.1) is 0 Å². The summed E-state index contributed by atoms with van der Waals surface area (Å²) < 4.78 is 0. The van der Waals surface area contributed by atoms with Crippen molar-refractivity contribution in [3.8, 4) is 0 Å². The molecule has 3 heterocycles. The van der Waals surface area contributed by atoms with Crippen molar-refractivity contribution in [3.63, 3.8) is 0 Å². The number of aromatic amines is 1. The van der Waals surface area contributed by atoms with E-state index < -0.39 is 0 Å². The fraction of sp³-hybridized carbons (Fsp3) is 0.467. The maximum Gasteiger partial charge on any atom is 0.277 e. The molecule has 0 radical (unpaired) electrons. The summed E-state index contributed by atoms with van der Waals surface area (Å²) in [6.07, 6.45) is 4.33. The van der Waals surface area contributed by atoms with Gasteiger partial charge in [0.15, 0.2) is 5.69 Å². The molecule has 1 atom stereocenters. The van der Waals surface area contributed by atoms with Crippen molar-refractivity contribution in [2.45, 2.75) is 37.6 Å². The van der Waals surface area contributed by atoms with Crippen LogP contribution >= 0.6 is 11.3 Å². The zero-order chi connectivity index (χ0) is 14.4. The molecule has 0 bridgehead atoms. The van der Waals surface area contributed by atoms with Crippen LogP contribution in [0.1, 0.15) is 59.4 Å². The van der Waals surface area contributed by atoms with Gasteiger partial charge < -0.3 is 10.6 Å². The van der Waals surface area contributed by atoms with Crippen LogP contribution in [0.25, 0.3) is 0 Å². The minimum Gasteiger partial charge on any atom is -0.395 e. The van der Waals surface area contributed by atoms with E-state index in [2.05, 4.69) is 27.0 Å². The van der Waals surface area contributed by atoms with E-state index in [0.717, 1.165) is 37.9 Å². The van der Waals surface area contributed by atoms with Crippen LogP contribution in [-0.4, -0.2) is 27.5 Å². The first-order chi connectivity index (χ1) is 10.3. The van der Waals surface area contributed by atoms with Gasteiger partial charge in [-0.05, 0) is 48.1 Å². The number of amides is 1. The molecule has 21 heavy (non-hydrogen) atoms. The number of thiophene rings is 1. The Morgan fingerprint density at radius 3 is 3.00 bits per heavy atom. The number of carbonyl (C=O) groups is 1. The van der Waals surface area contributed by atoms with Crippen LogP contribution < -0.4 is 5.73 Å². The molecule has 2 aliphatic rings. The molecule has 1 saturated carbocycles. The van der Waals surface area contributed by atoms with E-state index in [4.69, 9.17) is 5.73 Å². The fourth-order valence-corrected chi connectivity index (χ4v) is 3.87. The summed E-state index contributed by atoms with van der Waals surface area (Å²) >= 11 is 1.67. The molecule has 0 aromatic carbocycles. The molecule has 1 aliphatic heterocycles. The monoisotopic (exact) mass is 302 g/mol. The van der Waals surface area contributed by atoms with Gasteiger partial charge in [0.1, 0.15) is 0 Å². The number of likely N-dealkylation sites (tertiary alicyclic amines) is 1. The van der Waals surface area contributed by atoms with Gasteiger partial charge in [-0.2, -0.15) is 16.4 Å². The lowest BCUT2D eigenvalue weighted by molar-refractivity contribution is 0.0731. The van der Waals surface area contributed by atoms with Crippen LogP contribution in [0.15, 0.2) is 16.8 Å². The van der Waals surface area contributed by atoms with Gasteiger partial charge in [-0.15, -0.1) is 0 Å². The van der Waals surface area contributed by atoms with Gasteiger partial charge >= 0.3 is 0 Å². The normalized spacial score (nSPS) is 21.9. The van der Waals surface area contributed by atoms with E-state index in [1.54, 1.807) is 11.3 Å². The molecule has 1 unspecified atom stereocenters. The Kier molecular flexibility index (Phi) is 2.99. The van der Waals surface area contributed by atoms with E-state index >= 15 is 0 Å². The number of nitrogens with one attached hydrogen (secondary N) is 1. The number of nitrogens with two attached hydrogens (primary N) is 1. The highest BCUT2D eigenvalue weighted by Crippen LogP contribution is 2.43. The molecule has 2 aromatic heterocycles. The summed E-state index contributed by atoms with van der Waals surface area (Å²) in [6, 6.07) is 2.27. The zero-order valence-corrected chi connectivity index (χ0v) is 12.5. The first-order valence-corrected chi connectivity index (χ1v) is 8.37. The van der Waals surface area contributed by atoms with Gasteiger partial charge in [-0.1, -0.05) is 0 Å². The zero-order valence-electron chi connectivity index (χ0n) is 11.7. The third-order valence-corrected chi connectivity index (χ3v) is 5.16. The molecule has 0 spiro atoms. The van der Waals surface area contributed by atoms with Crippen molar-refractivity contribution in [2.24, 2.45) is 0 Å². The second-order valence-corrected chi connectivity index (χ2v) is 6.67. The van der Waals surface area contributed by atoms with Crippen molar-refractivity contribution < 1.29 is 4.79 Å². The lowest BCUT2D eigenvalue weighted by atomic mass is 10.1. The van der Waals surface area contributed by atoms with Gasteiger partial charge in [-0.25, -0.2) is 0 Å². The van der Waals surface area contributed by atoms with Gasteiger partial charge in [0.25, 0.3) is 5.91 Å². The Balaban J connectivity index is 1.61. The summed E-state index contributed by atoms with van der Waals surface area (Å²) in [4.78, 5) is 14.7. The first-order valence-electron chi connectivity index (χ1n) is 7.42. The molecule has 1 amide bonds. The summed E-state index contributed by atoms with van der Waals surface area (Å²) in [5, 5.41) is 11.4. The van der Waals surface area contributed by atoms with Crippen molar-refractivity contribution in [1.29, 1.82) is 0 Å². The van der Waals surface area contributed by atoms with Gasteiger partial charge in [0.2, 0.25) is 0 Å². The number of nitrogens with zero attached hydrogens (tertiary/aromatic N) is 2. The van der Waals surface area contributed by atoms with Crippen molar-refractivity contribution >= 4 is 22.9 Å². The Morgan fingerprint density at radius 2 is 2.29 bits per heavy atom. The molecule has 1 aliphatic carbocycles. The number of hydrogen-bond donors (Lipinski definition) is 2. The summed E-state index contributed by atoms with van der Waals surface area (Å²) in [5.74, 6) is 0.439. The Bertz CT molecular complexity index is 659. The lowest BCUT2D eigenvalue weighted by Gasteiger charge is -2.23. The van der Waals surface area contributed by atoms with Crippen LogP contribution in [0.2, 0.25) is 0 Å². The maximum absolute atomic E-state index is 12.8. The molecule has 5 nitrogen and oxygen atoms in total. The Hall–Kier alpha value is -1.82. The Morgan fingerprint density at radius 1 is 1.43 bits per heavy atom. The lowest BCUT2D eigenvalue weighted by Crippen LogP contribution is -2.31. The molecule has 110 valence electrons. The maximum atomic E-state index is 12.8. The number of aromatic nitrogens is 2. The number of H-pyrrole nitrogens is 1. The van der Waals surface area contributed by atoms with E-state index in [-0.39, 0.29) is 11.9 Å². The smallest absolute Gasteiger partial charge is 0.277 e. The Labute approximate surface area is 127 Å². The number of nitrogen functional groups attached to an aromatic ring is 1. The van der Waals surface area contributed by atoms with Crippen molar-refractivity contribution in [2.75, 3.05) is 12.3 Å². The molecular formula is C15H18N4OS. The summed E-state index contributed by atoms with van der Waals surface area (Å²) in [5.41, 5.74) is 9.27. The van der Waals surface area contributed by atoms with Crippen LogP contribution in [-0.2, 0) is 0 Å². The second-order valence-electron chi connectivity index (χ2n) is 5.89. The van der Waals surface area contributed by atoms with Gasteiger partial charge in [-0.3, -0.25) is 9.89 Å². The van der Waals surface area contributed by atoms with Crippen molar-refractivity contribution in [1.82, 2.24) is 15.1 Å². The molecule has 6 heteroatoms. The highest BCUT2D eigenvalue weighted by atomic mass is 32.1. The minimum atomic E-state index is -0.0376. The molecule has 3 N–H and O–H groups in total.